The van der Waals surface area contributed by atoms with E-state index in [2.05, 4.69) is 4.98 Å². The van der Waals surface area contributed by atoms with Gasteiger partial charge in [-0.2, -0.15) is 0 Å². The first-order chi connectivity index (χ1) is 8.13. The van der Waals surface area contributed by atoms with Crippen molar-refractivity contribution in [3.05, 3.63) is 33.7 Å². The Bertz CT molecular complexity index is 481. The van der Waals surface area contributed by atoms with Crippen LogP contribution >= 0.6 is 0 Å². The first kappa shape index (κ1) is 11.9. The highest BCUT2D eigenvalue weighted by molar-refractivity contribution is 5.94. The van der Waals surface area contributed by atoms with Crippen molar-refractivity contribution in [1.82, 2.24) is 9.88 Å². The number of pyridine rings is 1. The minimum Gasteiger partial charge on any atom is -0.364 e. The lowest BCUT2D eigenvalue weighted by atomic mass is 10.2. The van der Waals surface area contributed by atoms with Crippen molar-refractivity contribution < 1.29 is 4.79 Å². The Morgan fingerprint density at radius 3 is 3.06 bits per heavy atom. The molecule has 17 heavy (non-hydrogen) atoms. The number of H-pyrrole nitrogens is 1. The lowest BCUT2D eigenvalue weighted by molar-refractivity contribution is 0.0739. The number of amides is 1. The number of aryl methyl sites for hydroxylation is 1. The molecule has 1 aliphatic rings. The van der Waals surface area contributed by atoms with E-state index in [1.807, 2.05) is 0 Å². The first-order valence-corrected chi connectivity index (χ1v) is 5.84. The third-order valence-corrected chi connectivity index (χ3v) is 3.20. The van der Waals surface area contributed by atoms with Gasteiger partial charge in [0.15, 0.2) is 5.43 Å². The maximum Gasteiger partial charge on any atom is 0.259 e. The first-order valence-electron chi connectivity index (χ1n) is 5.84. The average molecular weight is 235 g/mol. The van der Waals surface area contributed by atoms with E-state index in [0.717, 1.165) is 18.5 Å². The predicted octanol–water partition coefficient (Wildman–Crippen LogP) is 0.247. The summed E-state index contributed by atoms with van der Waals surface area (Å²) >= 11 is 0. The van der Waals surface area contributed by atoms with Gasteiger partial charge in [-0.25, -0.2) is 0 Å². The zero-order valence-electron chi connectivity index (χ0n) is 9.90. The van der Waals surface area contributed by atoms with Gasteiger partial charge in [0.05, 0.1) is 0 Å². The number of carbonyl (C=O) groups excluding carboxylic acids is 1. The zero-order valence-corrected chi connectivity index (χ0v) is 9.90. The van der Waals surface area contributed by atoms with Gasteiger partial charge in [-0.15, -0.1) is 0 Å². The summed E-state index contributed by atoms with van der Waals surface area (Å²) in [6.45, 7) is 2.93. The molecule has 2 heterocycles. The van der Waals surface area contributed by atoms with Gasteiger partial charge < -0.3 is 15.6 Å². The Balaban J connectivity index is 2.28. The van der Waals surface area contributed by atoms with Crippen molar-refractivity contribution in [3.63, 3.8) is 0 Å². The van der Waals surface area contributed by atoms with E-state index in [1.54, 1.807) is 11.8 Å². The summed E-state index contributed by atoms with van der Waals surface area (Å²) < 4.78 is 0. The van der Waals surface area contributed by atoms with Crippen LogP contribution in [0.15, 0.2) is 17.1 Å². The van der Waals surface area contributed by atoms with Crippen molar-refractivity contribution in [2.45, 2.75) is 25.8 Å². The monoisotopic (exact) mass is 235 g/mol. The highest BCUT2D eigenvalue weighted by atomic mass is 16.2. The standard InChI is InChI=1S/C12H17N3O2/c1-8-5-11(16)10(7-14-8)12(17)15-4-2-3-9(15)6-13/h5,7,9H,2-4,6,13H2,1H3,(H,14,16). The van der Waals surface area contributed by atoms with E-state index in [4.69, 9.17) is 5.73 Å². The van der Waals surface area contributed by atoms with Gasteiger partial charge >= 0.3 is 0 Å². The highest BCUT2D eigenvalue weighted by Crippen LogP contribution is 2.17. The van der Waals surface area contributed by atoms with Gasteiger partial charge in [-0.3, -0.25) is 9.59 Å². The number of nitrogens with zero attached hydrogens (tertiary/aromatic N) is 1. The quantitative estimate of drug-likeness (QED) is 0.771. The van der Waals surface area contributed by atoms with Gasteiger partial charge in [0.2, 0.25) is 0 Å². The SMILES string of the molecule is Cc1cc(=O)c(C(=O)N2CCCC2CN)c[nH]1. The van der Waals surface area contributed by atoms with Gasteiger partial charge in [-0.05, 0) is 19.8 Å². The summed E-state index contributed by atoms with van der Waals surface area (Å²) in [5, 5.41) is 0. The number of nitrogens with one attached hydrogen (secondary N) is 1. The fourth-order valence-corrected chi connectivity index (χ4v) is 2.24. The molecule has 0 aromatic carbocycles. The fourth-order valence-electron chi connectivity index (χ4n) is 2.24. The number of rotatable bonds is 2. The van der Waals surface area contributed by atoms with Crippen LogP contribution in [-0.2, 0) is 0 Å². The number of likely N-dealkylation sites (tertiary alicyclic amines) is 1. The van der Waals surface area contributed by atoms with E-state index < -0.39 is 0 Å². The fraction of sp³-hybridized carbons (Fsp3) is 0.500. The van der Waals surface area contributed by atoms with E-state index >= 15 is 0 Å². The third-order valence-electron chi connectivity index (χ3n) is 3.20. The molecule has 0 radical (unpaired) electrons. The topological polar surface area (TPSA) is 79.2 Å². The van der Waals surface area contributed by atoms with Crippen molar-refractivity contribution in [1.29, 1.82) is 0 Å². The number of hydrogen-bond donors (Lipinski definition) is 2. The maximum atomic E-state index is 12.2. The van der Waals surface area contributed by atoms with Crippen LogP contribution in [0.5, 0.6) is 0 Å². The molecule has 1 unspecified atom stereocenters. The minimum absolute atomic E-state index is 0.0724. The van der Waals surface area contributed by atoms with Crippen LogP contribution in [0.1, 0.15) is 28.9 Å². The molecule has 1 aliphatic heterocycles. The van der Waals surface area contributed by atoms with Crippen molar-refractivity contribution in [2.24, 2.45) is 5.73 Å². The molecule has 1 aromatic rings. The Kier molecular flexibility index (Phi) is 3.28. The smallest absolute Gasteiger partial charge is 0.259 e. The summed E-state index contributed by atoms with van der Waals surface area (Å²) in [5.41, 5.74) is 6.35. The molecular weight excluding hydrogens is 218 g/mol. The highest BCUT2D eigenvalue weighted by Gasteiger charge is 2.29. The van der Waals surface area contributed by atoms with E-state index in [9.17, 15) is 9.59 Å². The van der Waals surface area contributed by atoms with Crippen LogP contribution < -0.4 is 11.2 Å². The van der Waals surface area contributed by atoms with Crippen molar-refractivity contribution >= 4 is 5.91 Å². The number of hydrogen-bond acceptors (Lipinski definition) is 3. The van der Waals surface area contributed by atoms with Gasteiger partial charge in [-0.1, -0.05) is 0 Å². The summed E-state index contributed by atoms with van der Waals surface area (Å²) in [6, 6.07) is 1.52. The molecule has 1 aromatic heterocycles. The number of aromatic amines is 1. The summed E-state index contributed by atoms with van der Waals surface area (Å²) in [6.07, 6.45) is 3.37. The molecule has 5 nitrogen and oxygen atoms in total. The third kappa shape index (κ3) is 2.24. The number of aromatic nitrogens is 1. The van der Waals surface area contributed by atoms with Crippen LogP contribution in [-0.4, -0.2) is 34.9 Å². The van der Waals surface area contributed by atoms with Crippen LogP contribution in [0.25, 0.3) is 0 Å². The van der Waals surface area contributed by atoms with Crippen molar-refractivity contribution in [3.8, 4) is 0 Å². The zero-order chi connectivity index (χ0) is 12.4. The molecule has 0 saturated carbocycles. The Morgan fingerprint density at radius 1 is 1.65 bits per heavy atom. The number of nitrogens with two attached hydrogens (primary N) is 1. The van der Waals surface area contributed by atoms with Crippen molar-refractivity contribution in [2.75, 3.05) is 13.1 Å². The molecule has 1 fully saturated rings. The van der Waals surface area contributed by atoms with Gasteiger partial charge in [0, 0.05) is 37.1 Å². The predicted molar refractivity (Wildman–Crippen MR) is 64.9 cm³/mol. The Labute approximate surface area is 99.6 Å². The molecule has 0 spiro atoms. The summed E-state index contributed by atoms with van der Waals surface area (Å²) in [5.74, 6) is -0.209. The molecule has 92 valence electrons. The van der Waals surface area contributed by atoms with Gasteiger partial charge in [0.25, 0.3) is 5.91 Å². The molecule has 5 heteroatoms. The van der Waals surface area contributed by atoms with E-state index in [-0.39, 0.29) is 22.9 Å². The van der Waals surface area contributed by atoms with Crippen LogP contribution in [0.3, 0.4) is 0 Å². The molecule has 2 rings (SSSR count). The second-order valence-corrected chi connectivity index (χ2v) is 4.42. The molecule has 3 N–H and O–H groups in total. The second-order valence-electron chi connectivity index (χ2n) is 4.42. The van der Waals surface area contributed by atoms with Crippen LogP contribution in [0.4, 0.5) is 0 Å². The van der Waals surface area contributed by atoms with E-state index in [1.165, 1.54) is 12.3 Å². The molecule has 1 saturated heterocycles. The minimum atomic E-state index is -0.228. The maximum absolute atomic E-state index is 12.2. The summed E-state index contributed by atoms with van der Waals surface area (Å²) in [4.78, 5) is 28.5. The molecule has 1 atom stereocenters. The molecule has 1 amide bonds. The normalized spacial score (nSPS) is 19.6. The Hall–Kier alpha value is -1.62. The number of carbonyl (C=O) groups is 1. The van der Waals surface area contributed by atoms with Gasteiger partial charge in [0.1, 0.15) is 5.56 Å². The Morgan fingerprint density at radius 2 is 2.41 bits per heavy atom. The van der Waals surface area contributed by atoms with E-state index in [0.29, 0.717) is 13.1 Å². The van der Waals surface area contributed by atoms with Crippen LogP contribution in [0.2, 0.25) is 0 Å². The lowest BCUT2D eigenvalue weighted by Crippen LogP contribution is -2.41. The molecule has 0 aliphatic carbocycles. The lowest BCUT2D eigenvalue weighted by Gasteiger charge is -2.23. The molecular formula is C12H17N3O2. The van der Waals surface area contributed by atoms with Crippen LogP contribution in [0, 0.1) is 6.92 Å². The molecule has 0 bridgehead atoms. The second kappa shape index (κ2) is 4.71. The summed E-state index contributed by atoms with van der Waals surface area (Å²) in [7, 11) is 0. The largest absolute Gasteiger partial charge is 0.364 e. The average Bonchev–Trinajstić information content (AvgIpc) is 2.76.